The maximum absolute atomic E-state index is 11.4. The van der Waals surface area contributed by atoms with Crippen molar-refractivity contribution < 1.29 is 19.6 Å². The van der Waals surface area contributed by atoms with Crippen LogP contribution in [0, 0.1) is 21.4 Å². The van der Waals surface area contributed by atoms with Crippen LogP contribution in [0.4, 0.5) is 5.69 Å². The second kappa shape index (κ2) is 5.27. The van der Waals surface area contributed by atoms with E-state index in [1.54, 1.807) is 19.9 Å². The van der Waals surface area contributed by atoms with Gasteiger partial charge in [-0.1, -0.05) is 0 Å². The molecule has 0 radical (unpaired) electrons. The van der Waals surface area contributed by atoms with Gasteiger partial charge in [0, 0.05) is 12.5 Å². The first-order valence-electron chi connectivity index (χ1n) is 6.54. The van der Waals surface area contributed by atoms with Gasteiger partial charge < -0.3 is 15.2 Å². The second-order valence-electron chi connectivity index (χ2n) is 5.60. The molecule has 0 bridgehead atoms. The molecule has 1 heterocycles. The number of hydrogen-bond donors (Lipinski definition) is 2. The predicted molar refractivity (Wildman–Crippen MR) is 75.1 cm³/mol. The van der Waals surface area contributed by atoms with Gasteiger partial charge in [-0.2, -0.15) is 5.26 Å². The van der Waals surface area contributed by atoms with Crippen LogP contribution in [0.1, 0.15) is 37.9 Å². The number of aliphatic hydroxyl groups is 1. The van der Waals surface area contributed by atoms with Crippen LogP contribution in [0.25, 0.3) is 0 Å². The summed E-state index contributed by atoms with van der Waals surface area (Å²) in [5.41, 5.74) is -1.25. The Morgan fingerprint density at radius 1 is 1.55 bits per heavy atom. The van der Waals surface area contributed by atoms with Crippen molar-refractivity contribution in [3.63, 3.8) is 0 Å². The summed E-state index contributed by atoms with van der Waals surface area (Å²) in [5, 5.41) is 33.1. The summed E-state index contributed by atoms with van der Waals surface area (Å²) in [7, 11) is 0. The lowest BCUT2D eigenvalue weighted by atomic mass is 9.85. The zero-order valence-electron chi connectivity index (χ0n) is 12.3. The number of nitro groups is 1. The van der Waals surface area contributed by atoms with Gasteiger partial charge >= 0.3 is 0 Å². The summed E-state index contributed by atoms with van der Waals surface area (Å²) in [4.78, 5) is 21.7. The lowest BCUT2D eigenvalue weighted by Crippen LogP contribution is -2.53. The predicted octanol–water partition coefficient (Wildman–Crippen LogP) is 1.18. The third-order valence-corrected chi connectivity index (χ3v) is 3.54. The van der Waals surface area contributed by atoms with Crippen LogP contribution in [0.3, 0.4) is 0 Å². The Labute approximate surface area is 126 Å². The minimum Gasteiger partial charge on any atom is -0.484 e. The van der Waals surface area contributed by atoms with E-state index in [1.165, 1.54) is 13.0 Å². The quantitative estimate of drug-likeness (QED) is 0.624. The largest absolute Gasteiger partial charge is 0.484 e. The number of carbonyl (C=O) groups is 1. The van der Waals surface area contributed by atoms with Crippen LogP contribution < -0.4 is 10.1 Å². The van der Waals surface area contributed by atoms with Crippen molar-refractivity contribution in [2.75, 3.05) is 0 Å². The number of amides is 1. The molecule has 1 aromatic rings. The maximum atomic E-state index is 11.4. The highest BCUT2D eigenvalue weighted by Gasteiger charge is 2.44. The molecule has 2 rings (SSSR count). The summed E-state index contributed by atoms with van der Waals surface area (Å²) >= 11 is 0. The second-order valence-corrected chi connectivity index (χ2v) is 5.60. The molecule has 0 aliphatic carbocycles. The molecule has 8 nitrogen and oxygen atoms in total. The molecule has 8 heteroatoms. The number of carbonyl (C=O) groups excluding carboxylic acids is 1. The number of nitrogens with one attached hydrogen (secondary N) is 1. The minimum absolute atomic E-state index is 0.158. The SMILES string of the molecule is CC(=O)N[C@H]1c2cc(C#N)c([N+](=O)[O-])cc2OC(C)(C)[C@@H]1O. The zero-order valence-corrected chi connectivity index (χ0v) is 12.3. The summed E-state index contributed by atoms with van der Waals surface area (Å²) in [5.74, 6) is -0.204. The van der Waals surface area contributed by atoms with Crippen LogP contribution in [0.15, 0.2) is 12.1 Å². The zero-order chi connectivity index (χ0) is 16.7. The Bertz CT molecular complexity index is 692. The van der Waals surface area contributed by atoms with Gasteiger partial charge in [-0.3, -0.25) is 14.9 Å². The molecule has 0 spiro atoms. The molecule has 116 valence electrons. The standard InChI is InChI=1S/C14H15N3O5/c1-7(18)16-12-9-4-8(6-15)10(17(20)21)5-11(9)22-14(2,3)13(12)19/h4-5,12-13,19H,1-3H3,(H,16,18)/t12-,13+/m0/s1. The molecule has 0 aromatic heterocycles. The van der Waals surface area contributed by atoms with Crippen molar-refractivity contribution >= 4 is 11.6 Å². The number of hydrogen-bond acceptors (Lipinski definition) is 6. The van der Waals surface area contributed by atoms with Gasteiger partial charge in [-0.05, 0) is 19.9 Å². The van der Waals surface area contributed by atoms with Gasteiger partial charge in [0.15, 0.2) is 0 Å². The Balaban J connectivity index is 2.65. The Morgan fingerprint density at radius 2 is 2.18 bits per heavy atom. The maximum Gasteiger partial charge on any atom is 0.290 e. The number of nitro benzene ring substituents is 1. The van der Waals surface area contributed by atoms with Crippen molar-refractivity contribution in [2.45, 2.75) is 38.5 Å². The van der Waals surface area contributed by atoms with E-state index in [1.807, 2.05) is 0 Å². The van der Waals surface area contributed by atoms with Crippen LogP contribution in [0.5, 0.6) is 5.75 Å². The van der Waals surface area contributed by atoms with Gasteiger partial charge in [0.2, 0.25) is 5.91 Å². The first kappa shape index (κ1) is 15.7. The summed E-state index contributed by atoms with van der Waals surface area (Å²) in [6.07, 6.45) is -1.07. The fourth-order valence-electron chi connectivity index (χ4n) is 2.45. The minimum atomic E-state index is -1.07. The first-order valence-corrected chi connectivity index (χ1v) is 6.54. The molecule has 0 saturated heterocycles. The van der Waals surface area contributed by atoms with Crippen LogP contribution in [0.2, 0.25) is 0 Å². The average Bonchev–Trinajstić information content (AvgIpc) is 2.42. The molecule has 1 amide bonds. The smallest absolute Gasteiger partial charge is 0.290 e. The molecular weight excluding hydrogens is 290 g/mol. The van der Waals surface area contributed by atoms with Crippen LogP contribution >= 0.6 is 0 Å². The summed E-state index contributed by atoms with van der Waals surface area (Å²) < 4.78 is 5.62. The van der Waals surface area contributed by atoms with E-state index >= 15 is 0 Å². The van der Waals surface area contributed by atoms with Crippen molar-refractivity contribution in [1.82, 2.24) is 5.32 Å². The summed E-state index contributed by atoms with van der Waals surface area (Å²) in [6.45, 7) is 4.52. The van der Waals surface area contributed by atoms with Crippen molar-refractivity contribution in [2.24, 2.45) is 0 Å². The normalized spacial score (nSPS) is 22.0. The Morgan fingerprint density at radius 3 is 2.68 bits per heavy atom. The molecule has 2 N–H and O–H groups in total. The molecule has 22 heavy (non-hydrogen) atoms. The highest BCUT2D eigenvalue weighted by atomic mass is 16.6. The number of aliphatic hydroxyl groups excluding tert-OH is 1. The van der Waals surface area contributed by atoms with Crippen molar-refractivity contribution in [3.8, 4) is 11.8 Å². The number of nitriles is 1. The average molecular weight is 305 g/mol. The van der Waals surface area contributed by atoms with Gasteiger partial charge in [-0.25, -0.2) is 0 Å². The first-order chi connectivity index (χ1) is 10.2. The van der Waals surface area contributed by atoms with Crippen LogP contribution in [-0.2, 0) is 4.79 Å². The highest BCUT2D eigenvalue weighted by Crippen LogP contribution is 2.42. The highest BCUT2D eigenvalue weighted by molar-refractivity contribution is 5.74. The summed E-state index contributed by atoms with van der Waals surface area (Å²) in [6, 6.07) is 3.35. The molecule has 0 saturated carbocycles. The van der Waals surface area contributed by atoms with Gasteiger partial charge in [-0.15, -0.1) is 0 Å². The number of rotatable bonds is 2. The topological polar surface area (TPSA) is 125 Å². The van der Waals surface area contributed by atoms with E-state index in [2.05, 4.69) is 5.32 Å². The van der Waals surface area contributed by atoms with E-state index < -0.39 is 22.7 Å². The van der Waals surface area contributed by atoms with E-state index in [0.29, 0.717) is 5.56 Å². The molecule has 1 aliphatic heterocycles. The Kier molecular flexibility index (Phi) is 3.77. The number of benzene rings is 1. The number of nitrogens with zero attached hydrogens (tertiary/aromatic N) is 2. The third kappa shape index (κ3) is 2.58. The lowest BCUT2D eigenvalue weighted by Gasteiger charge is -2.42. The van der Waals surface area contributed by atoms with E-state index in [4.69, 9.17) is 10.00 Å². The lowest BCUT2D eigenvalue weighted by molar-refractivity contribution is -0.385. The molecule has 0 fully saturated rings. The molecular formula is C14H15N3O5. The fourth-order valence-corrected chi connectivity index (χ4v) is 2.45. The Hall–Kier alpha value is -2.66. The fraction of sp³-hybridized carbons (Fsp3) is 0.429. The number of fused-ring (bicyclic) bond motifs is 1. The molecule has 0 unspecified atom stereocenters. The number of ether oxygens (including phenoxy) is 1. The molecule has 2 atom stereocenters. The molecule has 1 aliphatic rings. The van der Waals surface area contributed by atoms with Crippen molar-refractivity contribution in [1.29, 1.82) is 5.26 Å². The van der Waals surface area contributed by atoms with Gasteiger partial charge in [0.1, 0.15) is 29.1 Å². The third-order valence-electron chi connectivity index (χ3n) is 3.54. The van der Waals surface area contributed by atoms with E-state index in [9.17, 15) is 20.0 Å². The van der Waals surface area contributed by atoms with Gasteiger partial charge in [0.05, 0.1) is 17.0 Å². The van der Waals surface area contributed by atoms with E-state index in [-0.39, 0.29) is 22.9 Å². The van der Waals surface area contributed by atoms with Crippen molar-refractivity contribution in [3.05, 3.63) is 33.4 Å². The monoisotopic (exact) mass is 305 g/mol. The van der Waals surface area contributed by atoms with Crippen LogP contribution in [-0.4, -0.2) is 27.6 Å². The molecule has 1 aromatic carbocycles. The van der Waals surface area contributed by atoms with Gasteiger partial charge in [0.25, 0.3) is 5.69 Å². The van der Waals surface area contributed by atoms with E-state index in [0.717, 1.165) is 6.07 Å².